The van der Waals surface area contributed by atoms with Gasteiger partial charge in [0.05, 0.1) is 0 Å². The number of anilines is 1. The maximum absolute atomic E-state index is 12.2. The van der Waals surface area contributed by atoms with Crippen LogP contribution in [0.25, 0.3) is 0 Å². The minimum absolute atomic E-state index is 0.0607. The number of nitrogens with zero attached hydrogens (tertiary/aromatic N) is 2. The summed E-state index contributed by atoms with van der Waals surface area (Å²) in [4.78, 5) is 3.32. The summed E-state index contributed by atoms with van der Waals surface area (Å²) in [5.74, 6) is -1.09. The van der Waals surface area contributed by atoms with Crippen LogP contribution < -0.4 is 5.32 Å². The molecule has 0 unspecified atom stereocenters. The number of nitrogens with one attached hydrogen (secondary N) is 1. The number of benzene rings is 1. The van der Waals surface area contributed by atoms with Gasteiger partial charge in [0.15, 0.2) is 0 Å². The van der Waals surface area contributed by atoms with Crippen molar-refractivity contribution in [2.75, 3.05) is 5.32 Å². The van der Waals surface area contributed by atoms with E-state index in [1.54, 1.807) is 18.2 Å². The molecule has 2 N–H and O–H groups in total. The highest BCUT2D eigenvalue weighted by Crippen LogP contribution is 2.29. The molecule has 0 saturated heterocycles. The van der Waals surface area contributed by atoms with E-state index < -0.39 is 12.0 Å². The quantitative estimate of drug-likeness (QED) is 0.904. The van der Waals surface area contributed by atoms with E-state index in [0.717, 1.165) is 0 Å². The molecule has 0 aliphatic carbocycles. The molecule has 18 heavy (non-hydrogen) atoms. The Morgan fingerprint density at radius 1 is 1.28 bits per heavy atom. The Morgan fingerprint density at radius 2 is 2.00 bits per heavy atom. The van der Waals surface area contributed by atoms with Gasteiger partial charge in [-0.1, -0.05) is 18.2 Å². The molecule has 8 heteroatoms. The van der Waals surface area contributed by atoms with Gasteiger partial charge in [-0.15, -0.1) is 0 Å². The normalized spacial score (nSPS) is 11.5. The van der Waals surface area contributed by atoms with Gasteiger partial charge in [-0.3, -0.25) is 0 Å². The Balaban J connectivity index is 2.03. The number of aromatic hydroxyl groups is 1. The monoisotopic (exact) mass is 275 g/mol. The molecule has 4 nitrogen and oxygen atoms in total. The summed E-state index contributed by atoms with van der Waals surface area (Å²) in [5, 5.41) is 12.2. The van der Waals surface area contributed by atoms with Crippen LogP contribution in [0.3, 0.4) is 0 Å². The van der Waals surface area contributed by atoms with Crippen LogP contribution in [0.5, 0.6) is 5.75 Å². The van der Waals surface area contributed by atoms with E-state index in [0.29, 0.717) is 17.1 Å². The fraction of sp³-hybridized carbons (Fsp3) is 0.200. The number of hydrogen-bond acceptors (Lipinski definition) is 5. The summed E-state index contributed by atoms with van der Waals surface area (Å²) in [7, 11) is 0. The predicted octanol–water partition coefficient (Wildman–Crippen LogP) is 2.87. The van der Waals surface area contributed by atoms with Gasteiger partial charge in [0.1, 0.15) is 5.75 Å². The molecule has 1 aromatic carbocycles. The summed E-state index contributed by atoms with van der Waals surface area (Å²) in [6, 6.07) is 6.54. The van der Waals surface area contributed by atoms with Crippen molar-refractivity contribution in [1.29, 1.82) is 0 Å². The highest BCUT2D eigenvalue weighted by molar-refractivity contribution is 7.09. The number of rotatable bonds is 3. The molecule has 0 bridgehead atoms. The Labute approximate surface area is 104 Å². The number of phenolic OH excluding ortho intramolecular Hbond substituents is 1. The predicted molar refractivity (Wildman–Crippen MR) is 60.3 cm³/mol. The van der Waals surface area contributed by atoms with Gasteiger partial charge in [-0.05, 0) is 6.07 Å². The molecular weight excluding hydrogens is 267 g/mol. The molecule has 1 heterocycles. The molecule has 0 aliphatic heterocycles. The lowest BCUT2D eigenvalue weighted by molar-refractivity contribution is -0.144. The molecule has 0 atom stereocenters. The zero-order valence-corrected chi connectivity index (χ0v) is 9.72. The van der Waals surface area contributed by atoms with Gasteiger partial charge < -0.3 is 10.4 Å². The summed E-state index contributed by atoms with van der Waals surface area (Å²) < 4.78 is 39.9. The second-order valence-electron chi connectivity index (χ2n) is 3.40. The molecule has 96 valence electrons. The van der Waals surface area contributed by atoms with E-state index >= 15 is 0 Å². The summed E-state index contributed by atoms with van der Waals surface area (Å²) in [5.41, 5.74) is 0.571. The minimum atomic E-state index is -4.54. The van der Waals surface area contributed by atoms with Crippen molar-refractivity contribution in [2.45, 2.75) is 12.7 Å². The fourth-order valence-corrected chi connectivity index (χ4v) is 1.82. The number of phenols is 1. The molecule has 0 saturated carbocycles. The zero-order chi connectivity index (χ0) is 13.2. The second kappa shape index (κ2) is 4.81. The maximum atomic E-state index is 12.2. The van der Waals surface area contributed by atoms with E-state index in [1.807, 2.05) is 0 Å². The van der Waals surface area contributed by atoms with Gasteiger partial charge in [0, 0.05) is 23.6 Å². The lowest BCUT2D eigenvalue weighted by Gasteiger charge is -2.04. The van der Waals surface area contributed by atoms with Crippen molar-refractivity contribution in [2.24, 2.45) is 0 Å². The first-order valence-electron chi connectivity index (χ1n) is 4.88. The third kappa shape index (κ3) is 2.89. The SMILES string of the molecule is Oc1ccccc1CNc1nc(C(F)(F)F)ns1. The lowest BCUT2D eigenvalue weighted by Crippen LogP contribution is -2.07. The second-order valence-corrected chi connectivity index (χ2v) is 4.16. The van der Waals surface area contributed by atoms with Crippen molar-refractivity contribution < 1.29 is 18.3 Å². The van der Waals surface area contributed by atoms with Crippen LogP contribution in [0.1, 0.15) is 11.4 Å². The minimum Gasteiger partial charge on any atom is -0.508 e. The third-order valence-corrected chi connectivity index (χ3v) is 2.77. The Morgan fingerprint density at radius 3 is 2.61 bits per heavy atom. The van der Waals surface area contributed by atoms with Crippen molar-refractivity contribution >= 4 is 16.7 Å². The molecular formula is C10H8F3N3OS. The number of alkyl halides is 3. The Kier molecular flexibility index (Phi) is 3.37. The molecule has 2 rings (SSSR count). The number of halogens is 3. The van der Waals surface area contributed by atoms with Crippen molar-refractivity contribution in [3.8, 4) is 5.75 Å². The Bertz CT molecular complexity index is 541. The maximum Gasteiger partial charge on any atom is 0.452 e. The van der Waals surface area contributed by atoms with E-state index in [1.165, 1.54) is 6.07 Å². The van der Waals surface area contributed by atoms with E-state index in [9.17, 15) is 18.3 Å². The molecule has 1 aromatic heterocycles. The molecule has 0 aliphatic rings. The third-order valence-electron chi connectivity index (χ3n) is 2.10. The van der Waals surface area contributed by atoms with Crippen LogP contribution in [-0.4, -0.2) is 14.5 Å². The van der Waals surface area contributed by atoms with Gasteiger partial charge in [-0.25, -0.2) is 0 Å². The zero-order valence-electron chi connectivity index (χ0n) is 8.90. The topological polar surface area (TPSA) is 58.0 Å². The van der Waals surface area contributed by atoms with E-state index in [2.05, 4.69) is 14.7 Å². The number of hydrogen-bond donors (Lipinski definition) is 2. The van der Waals surface area contributed by atoms with Crippen molar-refractivity contribution in [3.05, 3.63) is 35.7 Å². The first-order chi connectivity index (χ1) is 8.47. The van der Waals surface area contributed by atoms with Crippen LogP contribution in [0.15, 0.2) is 24.3 Å². The van der Waals surface area contributed by atoms with Crippen LogP contribution in [0, 0.1) is 0 Å². The lowest BCUT2D eigenvalue weighted by atomic mass is 10.2. The van der Waals surface area contributed by atoms with Crippen LogP contribution in [0.4, 0.5) is 18.3 Å². The molecule has 0 fully saturated rings. The van der Waals surface area contributed by atoms with Crippen molar-refractivity contribution in [1.82, 2.24) is 9.36 Å². The number of aromatic nitrogens is 2. The average molecular weight is 275 g/mol. The smallest absolute Gasteiger partial charge is 0.452 e. The van der Waals surface area contributed by atoms with Crippen LogP contribution in [0.2, 0.25) is 0 Å². The standard InChI is InChI=1S/C10H8F3N3OS/c11-10(12,13)8-15-9(18-16-8)14-5-6-3-1-2-4-7(6)17/h1-4,17H,5H2,(H,14,15,16). The number of para-hydroxylation sites is 1. The first-order valence-corrected chi connectivity index (χ1v) is 5.66. The fourth-order valence-electron chi connectivity index (χ4n) is 1.24. The molecule has 0 spiro atoms. The molecule has 0 radical (unpaired) electrons. The first kappa shape index (κ1) is 12.6. The van der Waals surface area contributed by atoms with Gasteiger partial charge in [-0.2, -0.15) is 22.5 Å². The van der Waals surface area contributed by atoms with Crippen LogP contribution >= 0.6 is 11.5 Å². The van der Waals surface area contributed by atoms with Gasteiger partial charge in [0.25, 0.3) is 0 Å². The van der Waals surface area contributed by atoms with Crippen LogP contribution in [-0.2, 0) is 12.7 Å². The summed E-state index contributed by atoms with van der Waals surface area (Å²) >= 11 is 0.628. The largest absolute Gasteiger partial charge is 0.508 e. The van der Waals surface area contributed by atoms with Crippen molar-refractivity contribution in [3.63, 3.8) is 0 Å². The molecule has 0 amide bonds. The van der Waals surface area contributed by atoms with E-state index in [4.69, 9.17) is 0 Å². The summed E-state index contributed by atoms with van der Waals surface area (Å²) in [6.45, 7) is 0.180. The summed E-state index contributed by atoms with van der Waals surface area (Å²) in [6.07, 6.45) is -4.54. The average Bonchev–Trinajstić information content (AvgIpc) is 2.76. The van der Waals surface area contributed by atoms with Gasteiger partial charge in [0.2, 0.25) is 11.0 Å². The highest BCUT2D eigenvalue weighted by Gasteiger charge is 2.36. The van der Waals surface area contributed by atoms with Gasteiger partial charge >= 0.3 is 6.18 Å². The highest BCUT2D eigenvalue weighted by atomic mass is 32.1. The Hall–Kier alpha value is -1.83. The molecule has 2 aromatic rings. The van der Waals surface area contributed by atoms with E-state index in [-0.39, 0.29) is 17.4 Å².